The van der Waals surface area contributed by atoms with Crippen LogP contribution in [0, 0.1) is 18.3 Å². The van der Waals surface area contributed by atoms with Gasteiger partial charge in [-0.3, -0.25) is 4.68 Å². The summed E-state index contributed by atoms with van der Waals surface area (Å²) in [5.41, 5.74) is 8.54. The summed E-state index contributed by atoms with van der Waals surface area (Å²) in [6.45, 7) is 2.88. The van der Waals surface area contributed by atoms with E-state index in [0.717, 1.165) is 16.8 Å². The molecule has 1 aliphatic rings. The first-order valence-electron chi connectivity index (χ1n) is 10.2. The van der Waals surface area contributed by atoms with Crippen LogP contribution in [0.4, 0.5) is 22.0 Å². The maximum atomic E-state index is 12.8. The van der Waals surface area contributed by atoms with Crippen LogP contribution in [0.5, 0.6) is 0 Å². The van der Waals surface area contributed by atoms with Crippen molar-refractivity contribution in [1.29, 1.82) is 5.26 Å². The summed E-state index contributed by atoms with van der Waals surface area (Å²) in [7, 11) is 0. The van der Waals surface area contributed by atoms with E-state index in [1.165, 1.54) is 0 Å². The zero-order chi connectivity index (χ0) is 22.7. The van der Waals surface area contributed by atoms with Gasteiger partial charge in [-0.15, -0.1) is 0 Å². The average molecular weight is 450 g/mol. The monoisotopic (exact) mass is 449 g/mol. The van der Waals surface area contributed by atoms with E-state index in [2.05, 4.69) is 16.7 Å². The number of rotatable bonds is 6. The first-order valence-corrected chi connectivity index (χ1v) is 10.6. The summed E-state index contributed by atoms with van der Waals surface area (Å²) < 4.78 is 1.78. The quantitative estimate of drug-likeness (QED) is 0.522. The van der Waals surface area contributed by atoms with Crippen molar-refractivity contribution in [1.82, 2.24) is 14.7 Å². The van der Waals surface area contributed by atoms with Gasteiger partial charge in [-0.1, -0.05) is 35.9 Å². The average Bonchev–Trinajstić information content (AvgIpc) is 3.17. The van der Waals surface area contributed by atoms with Gasteiger partial charge in [0.05, 0.1) is 25.6 Å². The van der Waals surface area contributed by atoms with Crippen LogP contribution < -0.4 is 16.4 Å². The number of nitriles is 1. The molecule has 2 aromatic carbocycles. The number of hydrogen-bond donors (Lipinski definition) is 3. The van der Waals surface area contributed by atoms with Crippen LogP contribution in [0.25, 0.3) is 0 Å². The van der Waals surface area contributed by atoms with Crippen LogP contribution in [0.15, 0.2) is 54.7 Å². The van der Waals surface area contributed by atoms with Crippen molar-refractivity contribution < 1.29 is 4.79 Å². The van der Waals surface area contributed by atoms with Crippen LogP contribution in [0.3, 0.4) is 0 Å². The van der Waals surface area contributed by atoms with E-state index >= 15 is 0 Å². The number of carbonyl (C=O) groups is 1. The minimum atomic E-state index is -0.601. The maximum Gasteiger partial charge on any atom is 0.322 e. The molecule has 0 unspecified atom stereocenters. The molecule has 1 fully saturated rings. The van der Waals surface area contributed by atoms with Crippen molar-refractivity contribution in [2.75, 3.05) is 23.7 Å². The topological polar surface area (TPSA) is 112 Å². The minimum Gasteiger partial charge on any atom is -0.338 e. The van der Waals surface area contributed by atoms with Gasteiger partial charge < -0.3 is 21.3 Å². The Morgan fingerprint density at radius 2 is 2.00 bits per heavy atom. The molecular weight excluding hydrogens is 426 g/mol. The number of nitrogens with two attached hydrogens (primary N) is 1. The summed E-state index contributed by atoms with van der Waals surface area (Å²) in [5, 5.41) is 20.9. The largest absolute Gasteiger partial charge is 0.338 e. The number of halogens is 1. The highest BCUT2D eigenvalue weighted by Gasteiger charge is 2.48. The number of nitrogens with zero attached hydrogens (tertiary/aromatic N) is 4. The molecule has 164 valence electrons. The van der Waals surface area contributed by atoms with Gasteiger partial charge in [-0.25, -0.2) is 4.79 Å². The number of para-hydroxylation sites is 1. The third-order valence-corrected chi connectivity index (χ3v) is 6.12. The molecule has 0 spiro atoms. The van der Waals surface area contributed by atoms with E-state index in [4.69, 9.17) is 22.4 Å². The Morgan fingerprint density at radius 1 is 1.25 bits per heavy atom. The molecule has 0 bridgehead atoms. The molecule has 8 nitrogen and oxygen atoms in total. The number of urea groups is 1. The fraction of sp³-hybridized carbons (Fsp3) is 0.261. The van der Waals surface area contributed by atoms with E-state index in [1.807, 2.05) is 49.5 Å². The molecule has 1 saturated heterocycles. The Bertz CT molecular complexity index is 1160. The second-order valence-corrected chi connectivity index (χ2v) is 8.31. The van der Waals surface area contributed by atoms with Crippen LogP contribution in [0.2, 0.25) is 5.02 Å². The van der Waals surface area contributed by atoms with Crippen molar-refractivity contribution in [3.8, 4) is 6.07 Å². The normalized spacial score (nSPS) is 14.4. The van der Waals surface area contributed by atoms with Gasteiger partial charge in [-0.05, 0) is 36.8 Å². The Balaban J connectivity index is 1.51. The molecule has 32 heavy (non-hydrogen) atoms. The van der Waals surface area contributed by atoms with E-state index in [1.54, 1.807) is 21.7 Å². The van der Waals surface area contributed by atoms with Gasteiger partial charge in [-0.2, -0.15) is 10.4 Å². The first kappa shape index (κ1) is 21.7. The Kier molecular flexibility index (Phi) is 6.04. The molecule has 1 aromatic heterocycles. The van der Waals surface area contributed by atoms with Crippen molar-refractivity contribution in [2.24, 2.45) is 5.73 Å². The molecule has 2 amide bonds. The molecule has 0 radical (unpaired) electrons. The molecule has 1 aliphatic heterocycles. The number of likely N-dealkylation sites (tertiary alicyclic amines) is 1. The van der Waals surface area contributed by atoms with Crippen LogP contribution >= 0.6 is 11.6 Å². The third-order valence-electron chi connectivity index (χ3n) is 5.71. The molecule has 4 N–H and O–H groups in total. The fourth-order valence-electron chi connectivity index (χ4n) is 3.80. The predicted octanol–water partition coefficient (Wildman–Crippen LogP) is 4.20. The predicted molar refractivity (Wildman–Crippen MR) is 125 cm³/mol. The summed E-state index contributed by atoms with van der Waals surface area (Å²) in [5.74, 6) is 0.647. The van der Waals surface area contributed by atoms with E-state index in [0.29, 0.717) is 36.2 Å². The number of anilines is 3. The van der Waals surface area contributed by atoms with Gasteiger partial charge in [0.1, 0.15) is 5.54 Å². The summed E-state index contributed by atoms with van der Waals surface area (Å²) in [4.78, 5) is 14.4. The standard InChI is InChI=1S/C23H24ClN7O/c1-16-19(24)8-5-9-20(16)28-22(32)30-14-23(15-30,10-11-25)31-13-17(12-26)21(29-31)27-18-6-3-2-4-7-18/h2-9,13H,10,12,14-15,26H2,1H3,(H,27,29)(H,28,32). The lowest BCUT2D eigenvalue weighted by molar-refractivity contribution is 0.0401. The number of hydrogen-bond acceptors (Lipinski definition) is 5. The Morgan fingerprint density at radius 3 is 2.69 bits per heavy atom. The summed E-state index contributed by atoms with van der Waals surface area (Å²) in [6, 6.07) is 17.1. The molecular formula is C23H24ClN7O. The SMILES string of the molecule is Cc1c(Cl)cccc1NC(=O)N1CC(CC#N)(n2cc(CN)c(Nc3ccccc3)n2)C1. The summed E-state index contributed by atoms with van der Waals surface area (Å²) in [6.07, 6.45) is 2.09. The molecule has 0 atom stereocenters. The lowest BCUT2D eigenvalue weighted by Crippen LogP contribution is -2.65. The van der Waals surface area contributed by atoms with Crippen molar-refractivity contribution in [2.45, 2.75) is 25.4 Å². The van der Waals surface area contributed by atoms with Crippen molar-refractivity contribution in [3.63, 3.8) is 0 Å². The zero-order valence-electron chi connectivity index (χ0n) is 17.7. The lowest BCUT2D eigenvalue weighted by atomic mass is 9.87. The molecule has 3 aromatic rings. The van der Waals surface area contributed by atoms with Gasteiger partial charge in [0, 0.05) is 34.7 Å². The highest BCUT2D eigenvalue weighted by molar-refractivity contribution is 6.31. The third kappa shape index (κ3) is 4.13. The van der Waals surface area contributed by atoms with Gasteiger partial charge >= 0.3 is 6.03 Å². The van der Waals surface area contributed by atoms with Crippen molar-refractivity contribution >= 4 is 34.8 Å². The molecule has 2 heterocycles. The Labute approximate surface area is 191 Å². The lowest BCUT2D eigenvalue weighted by Gasteiger charge is -2.48. The number of nitrogens with one attached hydrogen (secondary N) is 2. The maximum absolute atomic E-state index is 12.8. The number of amides is 2. The van der Waals surface area contributed by atoms with Crippen molar-refractivity contribution in [3.05, 3.63) is 70.9 Å². The van der Waals surface area contributed by atoms with Gasteiger partial charge in [0.15, 0.2) is 5.82 Å². The van der Waals surface area contributed by atoms with E-state index in [9.17, 15) is 10.1 Å². The molecule has 0 aliphatic carbocycles. The number of benzene rings is 2. The molecule has 4 rings (SSSR count). The van der Waals surface area contributed by atoms with E-state index < -0.39 is 5.54 Å². The molecule has 9 heteroatoms. The van der Waals surface area contributed by atoms with Crippen LogP contribution in [-0.4, -0.2) is 33.8 Å². The minimum absolute atomic E-state index is 0.226. The second kappa shape index (κ2) is 8.91. The fourth-order valence-corrected chi connectivity index (χ4v) is 3.97. The second-order valence-electron chi connectivity index (χ2n) is 7.90. The highest BCUT2D eigenvalue weighted by Crippen LogP contribution is 2.35. The van der Waals surface area contributed by atoms with Gasteiger partial charge in [0.2, 0.25) is 0 Å². The Hall–Kier alpha value is -3.54. The highest BCUT2D eigenvalue weighted by atomic mass is 35.5. The number of carbonyl (C=O) groups excluding carboxylic acids is 1. The van der Waals surface area contributed by atoms with Crippen LogP contribution in [-0.2, 0) is 12.1 Å². The van der Waals surface area contributed by atoms with Gasteiger partial charge in [0.25, 0.3) is 0 Å². The number of aromatic nitrogens is 2. The van der Waals surface area contributed by atoms with E-state index in [-0.39, 0.29) is 12.5 Å². The zero-order valence-corrected chi connectivity index (χ0v) is 18.4. The smallest absolute Gasteiger partial charge is 0.322 e. The van der Waals surface area contributed by atoms with Crippen LogP contribution in [0.1, 0.15) is 17.5 Å². The first-order chi connectivity index (χ1) is 15.5. The molecule has 0 saturated carbocycles. The summed E-state index contributed by atoms with van der Waals surface area (Å²) >= 11 is 6.15.